The first-order chi connectivity index (χ1) is 15.2. The maximum atomic E-state index is 6.03. The molecule has 168 valence electrons. The summed E-state index contributed by atoms with van der Waals surface area (Å²) in [6.45, 7) is 4.16. The van der Waals surface area contributed by atoms with Gasteiger partial charge in [-0.25, -0.2) is 0 Å². The number of halogens is 2. The standard InChI is InChI=1S/C23H25ClN6O.HI/c1-2-25-23(26-12-10-17-15-28-20-9-4-3-8-19(17)20)27-13-11-21-29-22(30-31-21)16-6-5-7-18(24)14-16;/h3-9,14-15,28H,2,10-13H2,1H3,(H2,25,26,27);1H. The molecule has 9 heteroatoms. The summed E-state index contributed by atoms with van der Waals surface area (Å²) < 4.78 is 5.35. The van der Waals surface area contributed by atoms with Crippen LogP contribution in [0.1, 0.15) is 18.4 Å². The Morgan fingerprint density at radius 2 is 2.00 bits per heavy atom. The van der Waals surface area contributed by atoms with Crippen molar-refractivity contribution >= 4 is 52.4 Å². The maximum absolute atomic E-state index is 6.03. The Morgan fingerprint density at radius 3 is 2.84 bits per heavy atom. The molecule has 0 atom stereocenters. The number of guanidine groups is 1. The summed E-state index contributed by atoms with van der Waals surface area (Å²) in [6, 6.07) is 15.7. The van der Waals surface area contributed by atoms with Crippen LogP contribution in [-0.2, 0) is 12.8 Å². The van der Waals surface area contributed by atoms with E-state index in [9.17, 15) is 0 Å². The van der Waals surface area contributed by atoms with E-state index in [1.807, 2.05) is 37.3 Å². The number of aromatic nitrogens is 3. The summed E-state index contributed by atoms with van der Waals surface area (Å²) in [4.78, 5) is 12.4. The molecule has 0 saturated heterocycles. The fraction of sp³-hybridized carbons (Fsp3) is 0.261. The van der Waals surface area contributed by atoms with Gasteiger partial charge in [-0.15, -0.1) is 24.0 Å². The van der Waals surface area contributed by atoms with Gasteiger partial charge in [0.2, 0.25) is 11.7 Å². The number of hydrogen-bond acceptors (Lipinski definition) is 4. The molecule has 0 fully saturated rings. The Morgan fingerprint density at radius 1 is 1.12 bits per heavy atom. The zero-order valence-corrected chi connectivity index (χ0v) is 20.9. The summed E-state index contributed by atoms with van der Waals surface area (Å²) in [5.74, 6) is 1.86. The third-order valence-corrected chi connectivity index (χ3v) is 5.09. The second-order valence-electron chi connectivity index (χ2n) is 7.07. The van der Waals surface area contributed by atoms with Gasteiger partial charge in [0.15, 0.2) is 5.96 Å². The van der Waals surface area contributed by atoms with Crippen molar-refractivity contribution in [3.05, 3.63) is 71.2 Å². The molecule has 0 saturated carbocycles. The van der Waals surface area contributed by atoms with E-state index in [1.165, 1.54) is 10.9 Å². The van der Waals surface area contributed by atoms with Crippen LogP contribution in [0.4, 0.5) is 0 Å². The number of aromatic amines is 1. The maximum Gasteiger partial charge on any atom is 0.228 e. The normalized spacial score (nSPS) is 11.4. The van der Waals surface area contributed by atoms with Crippen molar-refractivity contribution in [2.45, 2.75) is 19.8 Å². The first kappa shape index (κ1) is 24.1. The molecule has 0 amide bonds. The lowest BCUT2D eigenvalue weighted by molar-refractivity contribution is 0.380. The third kappa shape index (κ3) is 6.23. The predicted molar refractivity (Wildman–Crippen MR) is 140 cm³/mol. The second kappa shape index (κ2) is 11.9. The van der Waals surface area contributed by atoms with Crippen LogP contribution < -0.4 is 10.6 Å². The summed E-state index contributed by atoms with van der Waals surface area (Å²) in [5.41, 5.74) is 3.28. The highest BCUT2D eigenvalue weighted by Crippen LogP contribution is 2.20. The molecule has 32 heavy (non-hydrogen) atoms. The number of fused-ring (bicyclic) bond motifs is 1. The molecule has 3 N–H and O–H groups in total. The van der Waals surface area contributed by atoms with Crippen molar-refractivity contribution < 1.29 is 4.52 Å². The van der Waals surface area contributed by atoms with Gasteiger partial charge in [-0.2, -0.15) is 4.98 Å². The fourth-order valence-electron chi connectivity index (χ4n) is 3.36. The molecule has 2 aromatic heterocycles. The average Bonchev–Trinajstić information content (AvgIpc) is 3.41. The van der Waals surface area contributed by atoms with Crippen LogP contribution in [0.5, 0.6) is 0 Å². The van der Waals surface area contributed by atoms with Gasteiger partial charge in [-0.3, -0.25) is 4.99 Å². The first-order valence-electron chi connectivity index (χ1n) is 10.4. The van der Waals surface area contributed by atoms with Crippen LogP contribution in [0.3, 0.4) is 0 Å². The van der Waals surface area contributed by atoms with Crippen molar-refractivity contribution in [1.82, 2.24) is 25.8 Å². The van der Waals surface area contributed by atoms with Crippen molar-refractivity contribution in [2.24, 2.45) is 4.99 Å². The molecule has 4 rings (SSSR count). The highest BCUT2D eigenvalue weighted by Gasteiger charge is 2.09. The van der Waals surface area contributed by atoms with Gasteiger partial charge in [-0.1, -0.05) is 47.1 Å². The Hall–Kier alpha value is -2.59. The van der Waals surface area contributed by atoms with Gasteiger partial charge >= 0.3 is 0 Å². The molecule has 0 aliphatic carbocycles. The van der Waals surface area contributed by atoms with Gasteiger partial charge in [0.05, 0.1) is 6.54 Å². The molecule has 7 nitrogen and oxygen atoms in total. The van der Waals surface area contributed by atoms with Crippen LogP contribution in [-0.4, -0.2) is 40.7 Å². The fourth-order valence-corrected chi connectivity index (χ4v) is 3.55. The van der Waals surface area contributed by atoms with Gasteiger partial charge in [-0.05, 0) is 37.1 Å². The molecule has 4 aromatic rings. The third-order valence-electron chi connectivity index (χ3n) is 4.85. The zero-order chi connectivity index (χ0) is 21.5. The van der Waals surface area contributed by atoms with E-state index in [4.69, 9.17) is 16.1 Å². The van der Waals surface area contributed by atoms with Gasteiger partial charge in [0.25, 0.3) is 0 Å². The molecule has 0 spiro atoms. The molecule has 0 bridgehead atoms. The highest BCUT2D eigenvalue weighted by atomic mass is 127. The zero-order valence-electron chi connectivity index (χ0n) is 17.8. The van der Waals surface area contributed by atoms with E-state index >= 15 is 0 Å². The molecular weight excluding hydrogens is 539 g/mol. The van der Waals surface area contributed by atoms with Crippen LogP contribution in [0.2, 0.25) is 5.02 Å². The Labute approximate surface area is 209 Å². The van der Waals surface area contributed by atoms with Gasteiger partial charge in [0.1, 0.15) is 0 Å². The molecule has 2 aromatic carbocycles. The van der Waals surface area contributed by atoms with E-state index in [0.717, 1.165) is 36.6 Å². The quantitative estimate of drug-likeness (QED) is 0.162. The number of para-hydroxylation sites is 1. The molecule has 0 unspecified atom stereocenters. The van der Waals surface area contributed by atoms with E-state index < -0.39 is 0 Å². The smallest absolute Gasteiger partial charge is 0.228 e. The minimum Gasteiger partial charge on any atom is -0.361 e. The van der Waals surface area contributed by atoms with Crippen molar-refractivity contribution in [2.75, 3.05) is 19.6 Å². The average molecular weight is 565 g/mol. The molecule has 0 radical (unpaired) electrons. The summed E-state index contributed by atoms with van der Waals surface area (Å²) in [7, 11) is 0. The Balaban J connectivity index is 0.00000289. The van der Waals surface area contributed by atoms with E-state index in [1.54, 1.807) is 0 Å². The number of hydrogen-bond donors (Lipinski definition) is 3. The lowest BCUT2D eigenvalue weighted by Crippen LogP contribution is -2.38. The predicted octanol–water partition coefficient (Wildman–Crippen LogP) is 4.83. The minimum absolute atomic E-state index is 0. The monoisotopic (exact) mass is 564 g/mol. The Kier molecular flexibility index (Phi) is 8.92. The number of nitrogens with zero attached hydrogens (tertiary/aromatic N) is 3. The summed E-state index contributed by atoms with van der Waals surface area (Å²) in [5, 5.41) is 12.6. The topological polar surface area (TPSA) is 91.1 Å². The molecule has 2 heterocycles. The van der Waals surface area contributed by atoms with E-state index in [0.29, 0.717) is 29.7 Å². The van der Waals surface area contributed by atoms with Crippen molar-refractivity contribution in [3.8, 4) is 11.4 Å². The van der Waals surface area contributed by atoms with Gasteiger partial charge < -0.3 is 20.1 Å². The highest BCUT2D eigenvalue weighted by molar-refractivity contribution is 14.0. The number of aliphatic imine (C=N–C) groups is 1. The molecular formula is C23H26ClIN6O. The lowest BCUT2D eigenvalue weighted by Gasteiger charge is -2.10. The van der Waals surface area contributed by atoms with Crippen LogP contribution in [0.25, 0.3) is 22.3 Å². The van der Waals surface area contributed by atoms with Crippen LogP contribution in [0, 0.1) is 0 Å². The van der Waals surface area contributed by atoms with E-state index in [-0.39, 0.29) is 24.0 Å². The minimum atomic E-state index is 0. The van der Waals surface area contributed by atoms with Crippen LogP contribution in [0.15, 0.2) is 64.2 Å². The van der Waals surface area contributed by atoms with Crippen molar-refractivity contribution in [3.63, 3.8) is 0 Å². The summed E-state index contributed by atoms with van der Waals surface area (Å²) >= 11 is 6.03. The SMILES string of the molecule is CCNC(=NCCc1nc(-c2cccc(Cl)c2)no1)NCCc1c[nH]c2ccccc12.I. The molecule has 0 aliphatic rings. The largest absolute Gasteiger partial charge is 0.361 e. The number of rotatable bonds is 8. The second-order valence-corrected chi connectivity index (χ2v) is 7.51. The number of H-pyrrole nitrogens is 1. The summed E-state index contributed by atoms with van der Waals surface area (Å²) in [6.07, 6.45) is 3.54. The number of nitrogens with one attached hydrogen (secondary N) is 3. The number of benzene rings is 2. The van der Waals surface area contributed by atoms with E-state index in [2.05, 4.69) is 55.1 Å². The van der Waals surface area contributed by atoms with Gasteiger partial charge in [0, 0.05) is 47.2 Å². The van der Waals surface area contributed by atoms with Crippen molar-refractivity contribution in [1.29, 1.82) is 0 Å². The lowest BCUT2D eigenvalue weighted by atomic mass is 10.1. The Bertz CT molecular complexity index is 1170. The van der Waals surface area contributed by atoms with Crippen LogP contribution >= 0.6 is 35.6 Å². The molecule has 0 aliphatic heterocycles. The first-order valence-corrected chi connectivity index (χ1v) is 10.8.